The molecule has 1 aliphatic rings. The van der Waals surface area contributed by atoms with Crippen molar-refractivity contribution < 1.29 is 4.74 Å². The van der Waals surface area contributed by atoms with E-state index in [1.54, 1.807) is 23.1 Å². The van der Waals surface area contributed by atoms with Gasteiger partial charge in [-0.25, -0.2) is 9.97 Å². The summed E-state index contributed by atoms with van der Waals surface area (Å²) in [4.78, 5) is 11.8. The molecule has 0 unspecified atom stereocenters. The topological polar surface area (TPSA) is 105 Å². The summed E-state index contributed by atoms with van der Waals surface area (Å²) in [5.74, 6) is 2.61. The third-order valence-electron chi connectivity index (χ3n) is 4.98. The van der Waals surface area contributed by atoms with Crippen molar-refractivity contribution in [3.63, 3.8) is 0 Å². The SMILES string of the molecule is COc1ccc(-n2nnnc2SCc2nc(N)c3c4c(sc3n2)CCCC4)cc1. The van der Waals surface area contributed by atoms with Gasteiger partial charge in [-0.3, -0.25) is 0 Å². The van der Waals surface area contributed by atoms with E-state index in [1.807, 2.05) is 24.3 Å². The molecule has 1 aromatic carbocycles. The number of nitrogens with two attached hydrogens (primary N) is 1. The van der Waals surface area contributed by atoms with Gasteiger partial charge in [0.05, 0.1) is 23.9 Å². The Kier molecular flexibility index (Phi) is 4.80. The Balaban J connectivity index is 1.39. The van der Waals surface area contributed by atoms with Gasteiger partial charge in [0.1, 0.15) is 22.2 Å². The highest BCUT2D eigenvalue weighted by Crippen LogP contribution is 2.38. The fourth-order valence-corrected chi connectivity index (χ4v) is 5.61. The highest BCUT2D eigenvalue weighted by Gasteiger charge is 2.20. The molecule has 5 rings (SSSR count). The molecule has 0 saturated heterocycles. The molecule has 0 aliphatic heterocycles. The minimum atomic E-state index is 0.541. The second-order valence-electron chi connectivity index (χ2n) is 6.78. The first-order valence-corrected chi connectivity index (χ1v) is 11.2. The van der Waals surface area contributed by atoms with Gasteiger partial charge in [0.15, 0.2) is 0 Å². The minimum Gasteiger partial charge on any atom is -0.497 e. The van der Waals surface area contributed by atoms with Gasteiger partial charge < -0.3 is 10.5 Å². The zero-order valence-electron chi connectivity index (χ0n) is 15.8. The van der Waals surface area contributed by atoms with E-state index in [0.717, 1.165) is 34.5 Å². The number of fused-ring (bicyclic) bond motifs is 3. The molecule has 0 saturated carbocycles. The maximum Gasteiger partial charge on any atom is 0.214 e. The van der Waals surface area contributed by atoms with E-state index >= 15 is 0 Å². The van der Waals surface area contributed by atoms with Crippen molar-refractivity contribution in [2.24, 2.45) is 0 Å². The number of hydrogen-bond donors (Lipinski definition) is 1. The number of thioether (sulfide) groups is 1. The number of aryl methyl sites for hydroxylation is 2. The van der Waals surface area contributed by atoms with E-state index in [1.165, 1.54) is 35.0 Å². The largest absolute Gasteiger partial charge is 0.497 e. The van der Waals surface area contributed by atoms with Crippen LogP contribution >= 0.6 is 23.1 Å². The van der Waals surface area contributed by atoms with Crippen molar-refractivity contribution in [1.82, 2.24) is 30.2 Å². The molecule has 4 aromatic rings. The van der Waals surface area contributed by atoms with Crippen LogP contribution in [0.1, 0.15) is 29.1 Å². The second-order valence-corrected chi connectivity index (χ2v) is 8.80. The van der Waals surface area contributed by atoms with Crippen LogP contribution in [-0.2, 0) is 18.6 Å². The molecule has 8 nitrogen and oxygen atoms in total. The average Bonchev–Trinajstić information content (AvgIpc) is 3.36. The fourth-order valence-electron chi connectivity index (χ4n) is 3.58. The van der Waals surface area contributed by atoms with Gasteiger partial charge in [-0.1, -0.05) is 11.8 Å². The molecule has 3 aromatic heterocycles. The van der Waals surface area contributed by atoms with E-state index < -0.39 is 0 Å². The molecule has 0 spiro atoms. The first-order chi connectivity index (χ1) is 14.2. The second kappa shape index (κ2) is 7.60. The number of nitrogen functional groups attached to an aromatic ring is 1. The Hall–Kier alpha value is -2.72. The van der Waals surface area contributed by atoms with E-state index in [-0.39, 0.29) is 0 Å². The number of nitrogens with zero attached hydrogens (tertiary/aromatic N) is 6. The summed E-state index contributed by atoms with van der Waals surface area (Å²) in [6.45, 7) is 0. The molecule has 0 bridgehead atoms. The number of tetrazole rings is 1. The van der Waals surface area contributed by atoms with Crippen LogP contribution in [0.25, 0.3) is 15.9 Å². The Morgan fingerprint density at radius 2 is 2.00 bits per heavy atom. The number of ether oxygens (including phenoxy) is 1. The summed E-state index contributed by atoms with van der Waals surface area (Å²) in [5, 5.41) is 13.8. The van der Waals surface area contributed by atoms with Crippen LogP contribution in [0.5, 0.6) is 5.75 Å². The quantitative estimate of drug-likeness (QED) is 0.485. The molecular formula is C19H19N7OS2. The number of anilines is 1. The summed E-state index contributed by atoms with van der Waals surface area (Å²) in [6.07, 6.45) is 4.65. The lowest BCUT2D eigenvalue weighted by Crippen LogP contribution is -2.03. The molecule has 10 heteroatoms. The van der Waals surface area contributed by atoms with E-state index in [0.29, 0.717) is 22.6 Å². The summed E-state index contributed by atoms with van der Waals surface area (Å²) >= 11 is 3.24. The summed E-state index contributed by atoms with van der Waals surface area (Å²) in [7, 11) is 1.64. The van der Waals surface area contributed by atoms with Crippen LogP contribution in [-0.4, -0.2) is 37.3 Å². The van der Waals surface area contributed by atoms with Crippen molar-refractivity contribution in [3.05, 3.63) is 40.5 Å². The van der Waals surface area contributed by atoms with Crippen molar-refractivity contribution in [3.8, 4) is 11.4 Å². The molecule has 29 heavy (non-hydrogen) atoms. The minimum absolute atomic E-state index is 0.541. The third-order valence-corrected chi connectivity index (χ3v) is 7.08. The van der Waals surface area contributed by atoms with Crippen molar-refractivity contribution >= 4 is 39.1 Å². The predicted molar refractivity (Wildman–Crippen MR) is 114 cm³/mol. The molecule has 0 amide bonds. The van der Waals surface area contributed by atoms with Crippen LogP contribution < -0.4 is 10.5 Å². The molecule has 0 fully saturated rings. The number of thiophene rings is 1. The van der Waals surface area contributed by atoms with Gasteiger partial charge >= 0.3 is 0 Å². The predicted octanol–water partition coefficient (Wildman–Crippen LogP) is 3.43. The van der Waals surface area contributed by atoms with Crippen LogP contribution in [0.4, 0.5) is 5.82 Å². The zero-order valence-corrected chi connectivity index (χ0v) is 17.5. The monoisotopic (exact) mass is 425 g/mol. The summed E-state index contributed by atoms with van der Waals surface area (Å²) in [6, 6.07) is 7.58. The highest BCUT2D eigenvalue weighted by atomic mass is 32.2. The van der Waals surface area contributed by atoms with Gasteiger partial charge in [-0.2, -0.15) is 4.68 Å². The average molecular weight is 426 g/mol. The Bertz CT molecular complexity index is 1170. The number of hydrogen-bond acceptors (Lipinski definition) is 9. The van der Waals surface area contributed by atoms with Gasteiger partial charge in [0.25, 0.3) is 0 Å². The highest BCUT2D eigenvalue weighted by molar-refractivity contribution is 7.98. The molecule has 148 valence electrons. The molecule has 1 aliphatic carbocycles. The van der Waals surface area contributed by atoms with Gasteiger partial charge in [-0.15, -0.1) is 16.4 Å². The molecule has 0 atom stereocenters. The maximum atomic E-state index is 6.31. The Labute approximate surface area is 175 Å². The number of benzene rings is 1. The summed E-state index contributed by atoms with van der Waals surface area (Å²) < 4.78 is 6.90. The molecular weight excluding hydrogens is 406 g/mol. The van der Waals surface area contributed by atoms with Gasteiger partial charge in [-0.05, 0) is 65.9 Å². The molecule has 3 heterocycles. The lowest BCUT2D eigenvalue weighted by atomic mass is 9.97. The lowest BCUT2D eigenvalue weighted by Gasteiger charge is -2.10. The van der Waals surface area contributed by atoms with Crippen molar-refractivity contribution in [2.45, 2.75) is 36.6 Å². The van der Waals surface area contributed by atoms with Crippen LogP contribution in [0.15, 0.2) is 29.4 Å². The number of rotatable bonds is 5. The summed E-state index contributed by atoms with van der Waals surface area (Å²) in [5.41, 5.74) is 8.53. The zero-order chi connectivity index (χ0) is 19.8. The third kappa shape index (κ3) is 3.42. The van der Waals surface area contributed by atoms with E-state index in [9.17, 15) is 0 Å². The molecule has 2 N–H and O–H groups in total. The van der Waals surface area contributed by atoms with E-state index in [2.05, 4.69) is 20.5 Å². The fraction of sp³-hybridized carbons (Fsp3) is 0.316. The lowest BCUT2D eigenvalue weighted by molar-refractivity contribution is 0.414. The van der Waals surface area contributed by atoms with Crippen molar-refractivity contribution in [1.29, 1.82) is 0 Å². The number of aromatic nitrogens is 6. The van der Waals surface area contributed by atoms with Gasteiger partial charge in [0, 0.05) is 4.88 Å². The Morgan fingerprint density at radius 1 is 1.17 bits per heavy atom. The van der Waals surface area contributed by atoms with Crippen LogP contribution in [0, 0.1) is 0 Å². The van der Waals surface area contributed by atoms with Crippen LogP contribution in [0.3, 0.4) is 0 Å². The standard InChI is InChI=1S/C19H19N7OS2/c1-27-12-8-6-11(7-9-12)26-19(23-24-25-26)28-10-15-21-17(20)16-13-4-2-3-5-14(13)29-18(16)22-15/h6-9H,2-5,10H2,1H3,(H2,20,21,22). The first-order valence-electron chi connectivity index (χ1n) is 9.35. The van der Waals surface area contributed by atoms with Crippen molar-refractivity contribution in [2.75, 3.05) is 12.8 Å². The molecule has 0 radical (unpaired) electrons. The first kappa shape index (κ1) is 18.3. The van der Waals surface area contributed by atoms with Crippen LogP contribution in [0.2, 0.25) is 0 Å². The smallest absolute Gasteiger partial charge is 0.214 e. The Morgan fingerprint density at radius 3 is 2.83 bits per heavy atom. The maximum absolute atomic E-state index is 6.31. The number of methoxy groups -OCH3 is 1. The van der Waals surface area contributed by atoms with E-state index in [4.69, 9.17) is 15.5 Å². The normalized spacial score (nSPS) is 13.6. The van der Waals surface area contributed by atoms with Gasteiger partial charge in [0.2, 0.25) is 5.16 Å².